The summed E-state index contributed by atoms with van der Waals surface area (Å²) in [6.45, 7) is 4.33. The Labute approximate surface area is 91.7 Å². The molecular formula is C12H21N3. The average Bonchev–Trinajstić information content (AvgIpc) is 2.86. The molecule has 0 bridgehead atoms. The Balaban J connectivity index is 2.21. The molecule has 84 valence electrons. The van der Waals surface area contributed by atoms with E-state index in [1.165, 1.54) is 31.4 Å². The van der Waals surface area contributed by atoms with Gasteiger partial charge in [-0.05, 0) is 18.8 Å². The van der Waals surface area contributed by atoms with Crippen LogP contribution in [0.4, 0.5) is 0 Å². The van der Waals surface area contributed by atoms with E-state index in [0.29, 0.717) is 12.0 Å². The second-order valence-corrected chi connectivity index (χ2v) is 4.93. The third-order valence-electron chi connectivity index (χ3n) is 3.47. The predicted molar refractivity (Wildman–Crippen MR) is 61.5 cm³/mol. The Kier molecular flexibility index (Phi) is 3.10. The van der Waals surface area contributed by atoms with Crippen molar-refractivity contribution >= 4 is 0 Å². The number of aromatic nitrogens is 2. The molecule has 0 spiro atoms. The number of nitrogens with two attached hydrogens (primary N) is 1. The van der Waals surface area contributed by atoms with Crippen LogP contribution in [-0.2, 0) is 0 Å². The molecule has 1 aromatic heterocycles. The van der Waals surface area contributed by atoms with Gasteiger partial charge in [0.2, 0.25) is 0 Å². The number of hydrogen-bond acceptors (Lipinski definition) is 2. The van der Waals surface area contributed by atoms with Gasteiger partial charge in [0.15, 0.2) is 0 Å². The van der Waals surface area contributed by atoms with Gasteiger partial charge in [0.25, 0.3) is 0 Å². The van der Waals surface area contributed by atoms with E-state index >= 15 is 0 Å². The SMILES string of the molecule is CC(C)C(N)c1cncn1C1CCCC1. The van der Waals surface area contributed by atoms with Gasteiger partial charge in [-0.3, -0.25) is 0 Å². The summed E-state index contributed by atoms with van der Waals surface area (Å²) in [5.74, 6) is 0.474. The topological polar surface area (TPSA) is 43.8 Å². The van der Waals surface area contributed by atoms with Crippen LogP contribution < -0.4 is 5.73 Å². The standard InChI is InChI=1S/C12H21N3/c1-9(2)12(13)11-7-14-8-15(11)10-5-3-4-6-10/h7-10,12H,3-6,13H2,1-2H3. The molecule has 1 unspecified atom stereocenters. The first-order valence-corrected chi connectivity index (χ1v) is 5.97. The molecule has 1 fully saturated rings. The molecule has 1 aliphatic carbocycles. The first kappa shape index (κ1) is 10.7. The summed E-state index contributed by atoms with van der Waals surface area (Å²) >= 11 is 0. The lowest BCUT2D eigenvalue weighted by atomic mass is 10.0. The van der Waals surface area contributed by atoms with Crippen molar-refractivity contribution in [1.82, 2.24) is 9.55 Å². The van der Waals surface area contributed by atoms with E-state index < -0.39 is 0 Å². The molecule has 0 saturated heterocycles. The largest absolute Gasteiger partial charge is 0.330 e. The normalized spacial score (nSPS) is 20.0. The summed E-state index contributed by atoms with van der Waals surface area (Å²) in [6.07, 6.45) is 9.15. The fraction of sp³-hybridized carbons (Fsp3) is 0.750. The van der Waals surface area contributed by atoms with Crippen molar-refractivity contribution in [2.75, 3.05) is 0 Å². The molecule has 1 saturated carbocycles. The maximum atomic E-state index is 6.19. The van der Waals surface area contributed by atoms with Crippen LogP contribution in [0.25, 0.3) is 0 Å². The van der Waals surface area contributed by atoms with Crippen molar-refractivity contribution in [2.45, 2.75) is 51.6 Å². The maximum absolute atomic E-state index is 6.19. The van der Waals surface area contributed by atoms with Crippen LogP contribution in [0, 0.1) is 5.92 Å². The lowest BCUT2D eigenvalue weighted by molar-refractivity contribution is 0.437. The van der Waals surface area contributed by atoms with Crippen molar-refractivity contribution in [3.8, 4) is 0 Å². The molecule has 1 atom stereocenters. The lowest BCUT2D eigenvalue weighted by Gasteiger charge is -2.21. The first-order valence-electron chi connectivity index (χ1n) is 5.97. The fourth-order valence-electron chi connectivity index (χ4n) is 2.40. The van der Waals surface area contributed by atoms with Crippen LogP contribution in [0.3, 0.4) is 0 Å². The molecule has 0 aliphatic heterocycles. The lowest BCUT2D eigenvalue weighted by Crippen LogP contribution is -2.21. The van der Waals surface area contributed by atoms with Gasteiger partial charge in [0.1, 0.15) is 0 Å². The number of nitrogens with zero attached hydrogens (tertiary/aromatic N) is 2. The molecule has 15 heavy (non-hydrogen) atoms. The zero-order chi connectivity index (χ0) is 10.8. The molecule has 0 aromatic carbocycles. The van der Waals surface area contributed by atoms with Gasteiger partial charge in [0.05, 0.1) is 12.0 Å². The fourth-order valence-corrected chi connectivity index (χ4v) is 2.40. The zero-order valence-corrected chi connectivity index (χ0v) is 9.69. The Morgan fingerprint density at radius 2 is 2.07 bits per heavy atom. The van der Waals surface area contributed by atoms with Crippen LogP contribution in [0.2, 0.25) is 0 Å². The number of rotatable bonds is 3. The molecule has 0 amide bonds. The second-order valence-electron chi connectivity index (χ2n) is 4.93. The van der Waals surface area contributed by atoms with Gasteiger partial charge in [-0.2, -0.15) is 0 Å². The van der Waals surface area contributed by atoms with E-state index in [1.807, 2.05) is 12.5 Å². The van der Waals surface area contributed by atoms with Crippen LogP contribution in [0.1, 0.15) is 57.3 Å². The molecule has 3 heteroatoms. The Morgan fingerprint density at radius 3 is 2.67 bits per heavy atom. The highest BCUT2D eigenvalue weighted by atomic mass is 15.1. The van der Waals surface area contributed by atoms with Gasteiger partial charge in [-0.1, -0.05) is 26.7 Å². The Bertz CT molecular complexity index is 294. The number of hydrogen-bond donors (Lipinski definition) is 1. The molecular weight excluding hydrogens is 186 g/mol. The van der Waals surface area contributed by atoms with E-state index in [2.05, 4.69) is 23.4 Å². The van der Waals surface area contributed by atoms with Crippen molar-refractivity contribution in [1.29, 1.82) is 0 Å². The minimum absolute atomic E-state index is 0.119. The highest BCUT2D eigenvalue weighted by Gasteiger charge is 2.22. The summed E-state index contributed by atoms with van der Waals surface area (Å²) in [7, 11) is 0. The monoisotopic (exact) mass is 207 g/mol. The molecule has 0 radical (unpaired) electrons. The summed E-state index contributed by atoms with van der Waals surface area (Å²) in [6, 6.07) is 0.764. The van der Waals surface area contributed by atoms with Gasteiger partial charge < -0.3 is 10.3 Å². The van der Waals surface area contributed by atoms with Crippen molar-refractivity contribution < 1.29 is 0 Å². The van der Waals surface area contributed by atoms with E-state index in [9.17, 15) is 0 Å². The van der Waals surface area contributed by atoms with Crippen LogP contribution >= 0.6 is 0 Å². The smallest absolute Gasteiger partial charge is 0.0951 e. The summed E-state index contributed by atoms with van der Waals surface area (Å²) in [5, 5.41) is 0. The van der Waals surface area contributed by atoms with Crippen LogP contribution in [0.5, 0.6) is 0 Å². The van der Waals surface area contributed by atoms with Crippen molar-refractivity contribution in [3.63, 3.8) is 0 Å². The maximum Gasteiger partial charge on any atom is 0.0951 e. The third kappa shape index (κ3) is 2.07. The third-order valence-corrected chi connectivity index (χ3v) is 3.47. The van der Waals surface area contributed by atoms with E-state index in [-0.39, 0.29) is 6.04 Å². The van der Waals surface area contributed by atoms with Crippen molar-refractivity contribution in [3.05, 3.63) is 18.2 Å². The Hall–Kier alpha value is -0.830. The van der Waals surface area contributed by atoms with Crippen LogP contribution in [-0.4, -0.2) is 9.55 Å². The minimum atomic E-state index is 0.119. The highest BCUT2D eigenvalue weighted by molar-refractivity contribution is 5.07. The summed E-state index contributed by atoms with van der Waals surface area (Å²) < 4.78 is 2.30. The average molecular weight is 207 g/mol. The van der Waals surface area contributed by atoms with Crippen molar-refractivity contribution in [2.24, 2.45) is 11.7 Å². The van der Waals surface area contributed by atoms with E-state index in [1.54, 1.807) is 0 Å². The summed E-state index contributed by atoms with van der Waals surface area (Å²) in [5.41, 5.74) is 7.40. The number of imidazole rings is 1. The predicted octanol–water partition coefficient (Wildman–Crippen LogP) is 2.65. The second kappa shape index (κ2) is 4.35. The molecule has 2 rings (SSSR count). The van der Waals surface area contributed by atoms with Gasteiger partial charge >= 0.3 is 0 Å². The Morgan fingerprint density at radius 1 is 1.40 bits per heavy atom. The van der Waals surface area contributed by atoms with Gasteiger partial charge in [-0.15, -0.1) is 0 Å². The minimum Gasteiger partial charge on any atom is -0.330 e. The van der Waals surface area contributed by atoms with Crippen LogP contribution in [0.15, 0.2) is 12.5 Å². The summed E-state index contributed by atoms with van der Waals surface area (Å²) in [4.78, 5) is 4.25. The molecule has 3 nitrogen and oxygen atoms in total. The van der Waals surface area contributed by atoms with E-state index in [0.717, 1.165) is 0 Å². The molecule has 2 N–H and O–H groups in total. The molecule has 1 aromatic rings. The van der Waals surface area contributed by atoms with E-state index in [4.69, 9.17) is 5.73 Å². The highest BCUT2D eigenvalue weighted by Crippen LogP contribution is 2.32. The van der Waals surface area contributed by atoms with Gasteiger partial charge in [0, 0.05) is 18.3 Å². The quantitative estimate of drug-likeness (QED) is 0.828. The molecule has 1 aliphatic rings. The first-order chi connectivity index (χ1) is 7.20. The van der Waals surface area contributed by atoms with Gasteiger partial charge in [-0.25, -0.2) is 4.98 Å². The zero-order valence-electron chi connectivity index (χ0n) is 9.69. The molecule has 1 heterocycles.